The minimum atomic E-state index is -0.668. The summed E-state index contributed by atoms with van der Waals surface area (Å²) in [4.78, 5) is 12.0. The number of ether oxygens (including phenoxy) is 1. The van der Waals surface area contributed by atoms with Crippen LogP contribution in [-0.2, 0) is 11.2 Å². The zero-order chi connectivity index (χ0) is 15.8. The molecular formula is C16H25FN2O2. The van der Waals surface area contributed by atoms with Crippen molar-refractivity contribution >= 4 is 5.91 Å². The molecule has 1 aromatic carbocycles. The Morgan fingerprint density at radius 1 is 1.33 bits per heavy atom. The Hall–Kier alpha value is -1.62. The van der Waals surface area contributed by atoms with Gasteiger partial charge in [-0.05, 0) is 50.4 Å². The molecule has 1 unspecified atom stereocenters. The lowest BCUT2D eigenvalue weighted by Gasteiger charge is -2.19. The molecule has 0 aliphatic heterocycles. The standard InChI is InChI=1S/C16H25FN2O2/c1-4-14(5-2)19-16(20)11(3)21-15-9-12(6-7-18)8-13(17)10-15/h8-11,14H,4-7,18H2,1-3H3,(H,19,20). The van der Waals surface area contributed by atoms with Gasteiger partial charge in [0.2, 0.25) is 0 Å². The fourth-order valence-corrected chi connectivity index (χ4v) is 2.07. The first-order chi connectivity index (χ1) is 9.99. The predicted molar refractivity (Wildman–Crippen MR) is 81.8 cm³/mol. The lowest BCUT2D eigenvalue weighted by molar-refractivity contribution is -0.128. The summed E-state index contributed by atoms with van der Waals surface area (Å²) < 4.78 is 19.0. The minimum absolute atomic E-state index is 0.142. The van der Waals surface area contributed by atoms with Crippen LogP contribution < -0.4 is 15.8 Å². The molecule has 118 valence electrons. The summed E-state index contributed by atoms with van der Waals surface area (Å²) in [6.45, 7) is 6.14. The smallest absolute Gasteiger partial charge is 0.260 e. The molecule has 1 rings (SSSR count). The molecule has 4 nitrogen and oxygen atoms in total. The van der Waals surface area contributed by atoms with Gasteiger partial charge >= 0.3 is 0 Å². The molecule has 0 heterocycles. The summed E-state index contributed by atoms with van der Waals surface area (Å²) in [5.41, 5.74) is 6.23. The Morgan fingerprint density at radius 3 is 2.57 bits per heavy atom. The van der Waals surface area contributed by atoms with Crippen LogP contribution in [0.2, 0.25) is 0 Å². The molecule has 1 atom stereocenters. The van der Waals surface area contributed by atoms with Crippen LogP contribution in [0.4, 0.5) is 4.39 Å². The van der Waals surface area contributed by atoms with Crippen molar-refractivity contribution in [1.29, 1.82) is 0 Å². The van der Waals surface area contributed by atoms with Crippen LogP contribution in [0.5, 0.6) is 5.75 Å². The van der Waals surface area contributed by atoms with Crippen molar-refractivity contribution in [3.63, 3.8) is 0 Å². The van der Waals surface area contributed by atoms with E-state index in [0.717, 1.165) is 18.4 Å². The van der Waals surface area contributed by atoms with Crippen molar-refractivity contribution in [1.82, 2.24) is 5.32 Å². The third-order valence-electron chi connectivity index (χ3n) is 3.38. The number of hydrogen-bond acceptors (Lipinski definition) is 3. The number of halogens is 1. The quantitative estimate of drug-likeness (QED) is 0.774. The van der Waals surface area contributed by atoms with Gasteiger partial charge < -0.3 is 15.8 Å². The highest BCUT2D eigenvalue weighted by Crippen LogP contribution is 2.18. The Balaban J connectivity index is 2.69. The number of hydrogen-bond donors (Lipinski definition) is 2. The summed E-state index contributed by atoms with van der Waals surface area (Å²) in [6, 6.07) is 4.57. The van der Waals surface area contributed by atoms with E-state index in [-0.39, 0.29) is 17.8 Å². The zero-order valence-electron chi connectivity index (χ0n) is 13.0. The first-order valence-corrected chi connectivity index (χ1v) is 7.46. The van der Waals surface area contributed by atoms with Crippen molar-refractivity contribution in [2.75, 3.05) is 6.54 Å². The molecule has 0 saturated carbocycles. The van der Waals surface area contributed by atoms with Gasteiger partial charge in [-0.3, -0.25) is 4.79 Å². The monoisotopic (exact) mass is 296 g/mol. The van der Waals surface area contributed by atoms with E-state index in [2.05, 4.69) is 5.32 Å². The molecule has 0 spiro atoms. The van der Waals surface area contributed by atoms with Gasteiger partial charge in [0.15, 0.2) is 6.10 Å². The Labute approximate surface area is 125 Å². The van der Waals surface area contributed by atoms with Crippen molar-refractivity contribution < 1.29 is 13.9 Å². The third-order valence-corrected chi connectivity index (χ3v) is 3.38. The fraction of sp³-hybridized carbons (Fsp3) is 0.562. The number of carbonyl (C=O) groups is 1. The second kappa shape index (κ2) is 8.62. The van der Waals surface area contributed by atoms with Gasteiger partial charge in [0, 0.05) is 12.1 Å². The Bertz CT molecular complexity index is 462. The van der Waals surface area contributed by atoms with E-state index in [9.17, 15) is 9.18 Å². The third kappa shape index (κ3) is 5.71. The van der Waals surface area contributed by atoms with Gasteiger partial charge in [-0.1, -0.05) is 13.8 Å². The van der Waals surface area contributed by atoms with Crippen molar-refractivity contribution in [3.8, 4) is 5.75 Å². The van der Waals surface area contributed by atoms with Crippen LogP contribution in [0.1, 0.15) is 39.2 Å². The minimum Gasteiger partial charge on any atom is -0.481 e. The molecule has 0 aliphatic rings. The highest BCUT2D eigenvalue weighted by molar-refractivity contribution is 5.81. The molecule has 0 aliphatic carbocycles. The molecule has 1 amide bonds. The van der Waals surface area contributed by atoms with Crippen LogP contribution in [0.3, 0.4) is 0 Å². The molecule has 5 heteroatoms. The normalized spacial score (nSPS) is 12.3. The molecule has 0 fully saturated rings. The fourth-order valence-electron chi connectivity index (χ4n) is 2.07. The Kier molecular flexibility index (Phi) is 7.15. The lowest BCUT2D eigenvalue weighted by atomic mass is 10.1. The maximum Gasteiger partial charge on any atom is 0.260 e. The Morgan fingerprint density at radius 2 is 2.00 bits per heavy atom. The number of benzene rings is 1. The summed E-state index contributed by atoms with van der Waals surface area (Å²) in [5, 5.41) is 2.91. The van der Waals surface area contributed by atoms with E-state index < -0.39 is 6.10 Å². The van der Waals surface area contributed by atoms with Crippen LogP contribution in [-0.4, -0.2) is 24.6 Å². The molecule has 21 heavy (non-hydrogen) atoms. The van der Waals surface area contributed by atoms with Crippen molar-refractivity contribution in [2.45, 2.75) is 52.2 Å². The largest absolute Gasteiger partial charge is 0.481 e. The highest BCUT2D eigenvalue weighted by atomic mass is 19.1. The number of nitrogens with two attached hydrogens (primary N) is 1. The van der Waals surface area contributed by atoms with Crippen LogP contribution >= 0.6 is 0 Å². The maximum atomic E-state index is 13.5. The predicted octanol–water partition coefficient (Wildman–Crippen LogP) is 2.40. The van der Waals surface area contributed by atoms with E-state index >= 15 is 0 Å². The van der Waals surface area contributed by atoms with Gasteiger partial charge in [-0.2, -0.15) is 0 Å². The van der Waals surface area contributed by atoms with E-state index in [1.54, 1.807) is 13.0 Å². The second-order valence-corrected chi connectivity index (χ2v) is 5.12. The van der Waals surface area contributed by atoms with E-state index in [0.29, 0.717) is 18.7 Å². The first-order valence-electron chi connectivity index (χ1n) is 7.46. The van der Waals surface area contributed by atoms with E-state index in [1.165, 1.54) is 12.1 Å². The molecular weight excluding hydrogens is 271 g/mol. The number of nitrogens with one attached hydrogen (secondary N) is 1. The topological polar surface area (TPSA) is 64.3 Å². The van der Waals surface area contributed by atoms with Gasteiger partial charge in [0.1, 0.15) is 11.6 Å². The van der Waals surface area contributed by atoms with Crippen molar-refractivity contribution in [2.24, 2.45) is 5.73 Å². The molecule has 3 N–H and O–H groups in total. The van der Waals surface area contributed by atoms with Crippen LogP contribution in [0.25, 0.3) is 0 Å². The molecule has 0 bridgehead atoms. The molecule has 0 aromatic heterocycles. The van der Waals surface area contributed by atoms with Crippen LogP contribution in [0.15, 0.2) is 18.2 Å². The summed E-state index contributed by atoms with van der Waals surface area (Å²) >= 11 is 0. The summed E-state index contributed by atoms with van der Waals surface area (Å²) in [7, 11) is 0. The first kappa shape index (κ1) is 17.4. The van der Waals surface area contributed by atoms with E-state index in [1.807, 2.05) is 13.8 Å². The summed E-state index contributed by atoms with van der Waals surface area (Å²) in [5.74, 6) is -0.220. The molecule has 1 aromatic rings. The summed E-state index contributed by atoms with van der Waals surface area (Å²) in [6.07, 6.45) is 1.64. The number of amides is 1. The lowest BCUT2D eigenvalue weighted by Crippen LogP contribution is -2.42. The molecule has 0 radical (unpaired) electrons. The van der Waals surface area contributed by atoms with Gasteiger partial charge in [0.25, 0.3) is 5.91 Å². The number of rotatable bonds is 8. The van der Waals surface area contributed by atoms with E-state index in [4.69, 9.17) is 10.5 Å². The van der Waals surface area contributed by atoms with Gasteiger partial charge in [0.05, 0.1) is 0 Å². The maximum absolute atomic E-state index is 13.5. The average molecular weight is 296 g/mol. The van der Waals surface area contributed by atoms with Crippen molar-refractivity contribution in [3.05, 3.63) is 29.6 Å². The number of carbonyl (C=O) groups excluding carboxylic acids is 1. The zero-order valence-corrected chi connectivity index (χ0v) is 13.0. The van der Waals surface area contributed by atoms with Crippen LogP contribution in [0, 0.1) is 5.82 Å². The average Bonchev–Trinajstić information content (AvgIpc) is 2.44. The SMILES string of the molecule is CCC(CC)NC(=O)C(C)Oc1cc(F)cc(CCN)c1. The second-order valence-electron chi connectivity index (χ2n) is 5.12. The highest BCUT2D eigenvalue weighted by Gasteiger charge is 2.17. The van der Waals surface area contributed by atoms with Gasteiger partial charge in [-0.25, -0.2) is 4.39 Å². The van der Waals surface area contributed by atoms with Gasteiger partial charge in [-0.15, -0.1) is 0 Å². The molecule has 0 saturated heterocycles.